The van der Waals surface area contributed by atoms with E-state index in [2.05, 4.69) is 10.6 Å². The molecule has 134 valence electrons. The summed E-state index contributed by atoms with van der Waals surface area (Å²) in [5.74, 6) is -0.955. The molecule has 1 aliphatic rings. The normalized spacial score (nSPS) is 13.0. The first-order valence-corrected chi connectivity index (χ1v) is 8.52. The number of rotatable bonds is 6. The zero-order valence-corrected chi connectivity index (χ0v) is 14.6. The fourth-order valence-electron chi connectivity index (χ4n) is 2.22. The van der Waals surface area contributed by atoms with E-state index in [0.29, 0.717) is 22.0 Å². The van der Waals surface area contributed by atoms with Crippen molar-refractivity contribution in [2.75, 3.05) is 17.2 Å². The molecular formula is C19H17ClN2O4. The lowest BCUT2D eigenvalue weighted by atomic mass is 10.2. The van der Waals surface area contributed by atoms with Gasteiger partial charge in [-0.1, -0.05) is 11.6 Å². The van der Waals surface area contributed by atoms with E-state index in [1.54, 1.807) is 48.5 Å². The molecule has 26 heavy (non-hydrogen) atoms. The van der Waals surface area contributed by atoms with Crippen molar-refractivity contribution >= 4 is 40.8 Å². The maximum absolute atomic E-state index is 12.0. The number of hydrogen-bond donors (Lipinski definition) is 2. The molecule has 0 radical (unpaired) electrons. The van der Waals surface area contributed by atoms with E-state index in [4.69, 9.17) is 16.3 Å². The number of benzene rings is 2. The van der Waals surface area contributed by atoms with Crippen molar-refractivity contribution < 1.29 is 19.1 Å². The Morgan fingerprint density at radius 2 is 1.50 bits per heavy atom. The summed E-state index contributed by atoms with van der Waals surface area (Å²) in [7, 11) is 0. The lowest BCUT2D eigenvalue weighted by Gasteiger charge is -2.08. The predicted octanol–water partition coefficient (Wildman–Crippen LogP) is 3.48. The highest BCUT2D eigenvalue weighted by atomic mass is 35.5. The van der Waals surface area contributed by atoms with E-state index in [-0.39, 0.29) is 11.8 Å². The van der Waals surface area contributed by atoms with E-state index in [9.17, 15) is 14.4 Å². The van der Waals surface area contributed by atoms with Crippen LogP contribution in [-0.2, 0) is 14.3 Å². The molecule has 1 fully saturated rings. The monoisotopic (exact) mass is 372 g/mol. The van der Waals surface area contributed by atoms with Crippen LogP contribution >= 0.6 is 11.6 Å². The minimum Gasteiger partial charge on any atom is -0.452 e. The van der Waals surface area contributed by atoms with Crippen LogP contribution in [0.25, 0.3) is 0 Å². The summed E-state index contributed by atoms with van der Waals surface area (Å²) >= 11 is 5.77. The van der Waals surface area contributed by atoms with Crippen LogP contribution in [0.3, 0.4) is 0 Å². The van der Waals surface area contributed by atoms with Crippen molar-refractivity contribution in [3.63, 3.8) is 0 Å². The Labute approximate surface area is 155 Å². The number of nitrogens with one attached hydrogen (secondary N) is 2. The molecule has 7 heteroatoms. The van der Waals surface area contributed by atoms with Gasteiger partial charge in [0.05, 0.1) is 5.56 Å². The first kappa shape index (κ1) is 17.9. The number of carbonyl (C=O) groups is 3. The zero-order chi connectivity index (χ0) is 18.5. The predicted molar refractivity (Wildman–Crippen MR) is 98.2 cm³/mol. The Balaban J connectivity index is 1.47. The zero-order valence-electron chi connectivity index (χ0n) is 13.8. The van der Waals surface area contributed by atoms with Crippen molar-refractivity contribution in [2.24, 2.45) is 5.92 Å². The highest BCUT2D eigenvalue weighted by Crippen LogP contribution is 2.30. The van der Waals surface area contributed by atoms with E-state index in [0.717, 1.165) is 12.8 Å². The van der Waals surface area contributed by atoms with E-state index < -0.39 is 18.5 Å². The number of hydrogen-bond acceptors (Lipinski definition) is 4. The van der Waals surface area contributed by atoms with Gasteiger partial charge in [-0.15, -0.1) is 0 Å². The van der Waals surface area contributed by atoms with E-state index >= 15 is 0 Å². The summed E-state index contributed by atoms with van der Waals surface area (Å²) in [6.07, 6.45) is 1.85. The maximum Gasteiger partial charge on any atom is 0.338 e. The minimum atomic E-state index is -0.615. The quantitative estimate of drug-likeness (QED) is 0.760. The Kier molecular flexibility index (Phi) is 5.53. The molecule has 1 aliphatic carbocycles. The molecule has 0 aliphatic heterocycles. The second-order valence-electron chi connectivity index (χ2n) is 5.97. The van der Waals surface area contributed by atoms with Crippen molar-refractivity contribution in [2.45, 2.75) is 12.8 Å². The SMILES string of the molecule is O=C(COC(=O)c1ccc(NC(=O)C2CC2)cc1)Nc1ccc(Cl)cc1. The van der Waals surface area contributed by atoms with Gasteiger partial charge in [-0.3, -0.25) is 9.59 Å². The standard InChI is InChI=1S/C19H17ClN2O4/c20-14-5-9-15(10-6-14)21-17(23)11-26-19(25)13-3-7-16(8-4-13)22-18(24)12-1-2-12/h3-10,12H,1-2,11H2,(H,21,23)(H,22,24). The second kappa shape index (κ2) is 8.01. The molecule has 0 atom stereocenters. The van der Waals surface area contributed by atoms with Gasteiger partial charge in [0.1, 0.15) is 0 Å². The molecule has 0 bridgehead atoms. The fraction of sp³-hybridized carbons (Fsp3) is 0.211. The minimum absolute atomic E-state index is 0.000743. The smallest absolute Gasteiger partial charge is 0.338 e. The van der Waals surface area contributed by atoms with Crippen LogP contribution in [0.15, 0.2) is 48.5 Å². The van der Waals surface area contributed by atoms with Crippen LogP contribution in [0.5, 0.6) is 0 Å². The number of halogens is 1. The van der Waals surface area contributed by atoms with Crippen molar-refractivity contribution in [3.8, 4) is 0 Å². The van der Waals surface area contributed by atoms with Gasteiger partial charge in [0.25, 0.3) is 5.91 Å². The molecule has 0 heterocycles. The highest BCUT2D eigenvalue weighted by molar-refractivity contribution is 6.30. The second-order valence-corrected chi connectivity index (χ2v) is 6.41. The van der Waals surface area contributed by atoms with Crippen LogP contribution in [0, 0.1) is 5.92 Å². The maximum atomic E-state index is 12.0. The number of anilines is 2. The van der Waals surface area contributed by atoms with Crippen LogP contribution in [-0.4, -0.2) is 24.4 Å². The van der Waals surface area contributed by atoms with Gasteiger partial charge in [0.15, 0.2) is 6.61 Å². The first-order chi connectivity index (χ1) is 12.5. The largest absolute Gasteiger partial charge is 0.452 e. The lowest BCUT2D eigenvalue weighted by molar-refractivity contribution is -0.119. The van der Waals surface area contributed by atoms with E-state index in [1.165, 1.54) is 0 Å². The number of esters is 1. The van der Waals surface area contributed by atoms with Crippen LogP contribution in [0.2, 0.25) is 5.02 Å². The molecule has 2 N–H and O–H groups in total. The summed E-state index contributed by atoms with van der Waals surface area (Å²) in [6.45, 7) is -0.401. The van der Waals surface area contributed by atoms with Gasteiger partial charge in [-0.05, 0) is 61.4 Å². The third kappa shape index (κ3) is 5.07. The Morgan fingerprint density at radius 1 is 0.923 bits per heavy atom. The summed E-state index contributed by atoms with van der Waals surface area (Å²) < 4.78 is 4.99. The lowest BCUT2D eigenvalue weighted by Crippen LogP contribution is -2.21. The fourth-order valence-corrected chi connectivity index (χ4v) is 2.35. The molecular weight excluding hydrogens is 356 g/mol. The highest BCUT2D eigenvalue weighted by Gasteiger charge is 2.29. The van der Waals surface area contributed by atoms with Gasteiger partial charge >= 0.3 is 5.97 Å². The van der Waals surface area contributed by atoms with Crippen molar-refractivity contribution in [1.82, 2.24) is 0 Å². The van der Waals surface area contributed by atoms with Crippen molar-refractivity contribution in [1.29, 1.82) is 0 Å². The van der Waals surface area contributed by atoms with Crippen molar-refractivity contribution in [3.05, 3.63) is 59.1 Å². The van der Waals surface area contributed by atoms with Gasteiger partial charge in [0.2, 0.25) is 5.91 Å². The molecule has 6 nitrogen and oxygen atoms in total. The number of ether oxygens (including phenoxy) is 1. The summed E-state index contributed by atoms with van der Waals surface area (Å²) in [5, 5.41) is 5.95. The topological polar surface area (TPSA) is 84.5 Å². The molecule has 0 aromatic heterocycles. The number of amides is 2. The van der Waals surface area contributed by atoms with Gasteiger partial charge < -0.3 is 15.4 Å². The molecule has 0 unspecified atom stereocenters. The molecule has 1 saturated carbocycles. The van der Waals surface area contributed by atoms with Gasteiger partial charge in [0, 0.05) is 22.3 Å². The molecule has 2 amide bonds. The average Bonchev–Trinajstić information content (AvgIpc) is 3.47. The number of carbonyl (C=O) groups excluding carboxylic acids is 3. The molecule has 0 saturated heterocycles. The van der Waals surface area contributed by atoms with Gasteiger partial charge in [-0.2, -0.15) is 0 Å². The molecule has 3 rings (SSSR count). The third-order valence-corrected chi connectivity index (χ3v) is 4.05. The Hall–Kier alpha value is -2.86. The van der Waals surface area contributed by atoms with Gasteiger partial charge in [-0.25, -0.2) is 4.79 Å². The van der Waals surface area contributed by atoms with Crippen LogP contribution in [0.4, 0.5) is 11.4 Å². The van der Waals surface area contributed by atoms with E-state index in [1.807, 2.05) is 0 Å². The summed E-state index contributed by atoms with van der Waals surface area (Å²) in [5.41, 5.74) is 1.49. The molecule has 0 spiro atoms. The Morgan fingerprint density at radius 3 is 2.12 bits per heavy atom. The molecule has 2 aromatic carbocycles. The van der Waals surface area contributed by atoms with Crippen LogP contribution < -0.4 is 10.6 Å². The Bertz CT molecular complexity index is 814. The third-order valence-electron chi connectivity index (χ3n) is 3.80. The average molecular weight is 373 g/mol. The summed E-state index contributed by atoms with van der Waals surface area (Å²) in [6, 6.07) is 12.9. The molecule has 2 aromatic rings. The van der Waals surface area contributed by atoms with Crippen LogP contribution in [0.1, 0.15) is 23.2 Å². The first-order valence-electron chi connectivity index (χ1n) is 8.15. The summed E-state index contributed by atoms with van der Waals surface area (Å²) in [4.78, 5) is 35.5.